The highest BCUT2D eigenvalue weighted by Crippen LogP contribution is 2.27. The third kappa shape index (κ3) is 6.41. The van der Waals surface area contributed by atoms with Crippen molar-refractivity contribution < 1.29 is 17.4 Å². The monoisotopic (exact) mass is 429 g/mol. The molecule has 0 saturated heterocycles. The summed E-state index contributed by atoms with van der Waals surface area (Å²) in [4.78, 5) is 14.6. The Bertz CT molecular complexity index is 929. The molecule has 27 heavy (non-hydrogen) atoms. The predicted octanol–water partition coefficient (Wildman–Crippen LogP) is 4.63. The maximum atomic E-state index is 13.0. The minimum absolute atomic E-state index is 0.133. The summed E-state index contributed by atoms with van der Waals surface area (Å²) >= 11 is 12.2. The fourth-order valence-electron chi connectivity index (χ4n) is 2.59. The average Bonchev–Trinajstić information content (AvgIpc) is 2.55. The maximum absolute atomic E-state index is 13.0. The zero-order chi connectivity index (χ0) is 20.2. The van der Waals surface area contributed by atoms with Crippen molar-refractivity contribution in [2.45, 2.75) is 20.4 Å². The molecule has 0 bridgehead atoms. The van der Waals surface area contributed by atoms with E-state index in [1.165, 1.54) is 12.1 Å². The van der Waals surface area contributed by atoms with Gasteiger partial charge in [-0.15, -0.1) is 0 Å². The smallest absolute Gasteiger partial charge is 0.306 e. The zero-order valence-electron chi connectivity index (χ0n) is 15.3. The molecule has 0 heterocycles. The fourth-order valence-corrected chi connectivity index (χ4v) is 3.49. The van der Waals surface area contributed by atoms with Crippen molar-refractivity contribution in [2.24, 2.45) is 5.92 Å². The van der Waals surface area contributed by atoms with E-state index < -0.39 is 10.1 Å². The molecule has 5 nitrogen and oxygen atoms in total. The first kappa shape index (κ1) is 21.5. The van der Waals surface area contributed by atoms with Crippen LogP contribution in [0.4, 0.5) is 0 Å². The summed E-state index contributed by atoms with van der Waals surface area (Å²) in [6, 6.07) is 11.4. The van der Waals surface area contributed by atoms with E-state index in [0.717, 1.165) is 6.26 Å². The molecule has 0 N–H and O–H groups in total. The van der Waals surface area contributed by atoms with E-state index in [0.29, 0.717) is 27.7 Å². The van der Waals surface area contributed by atoms with Gasteiger partial charge in [0.25, 0.3) is 5.91 Å². The normalized spacial score (nSPS) is 11.5. The Morgan fingerprint density at radius 2 is 1.81 bits per heavy atom. The first-order valence-corrected chi connectivity index (χ1v) is 10.9. The number of rotatable bonds is 7. The molecular formula is C19H21Cl2NO4S. The summed E-state index contributed by atoms with van der Waals surface area (Å²) in [7, 11) is -3.72. The number of benzene rings is 2. The van der Waals surface area contributed by atoms with E-state index >= 15 is 0 Å². The van der Waals surface area contributed by atoms with Crippen LogP contribution in [0.2, 0.25) is 10.0 Å². The molecule has 0 saturated carbocycles. The Hall–Kier alpha value is -1.76. The molecule has 0 atom stereocenters. The SMILES string of the molecule is CC(C)CN(Cc1cc(Cl)ccc1OS(C)(=O)=O)C(=O)c1ccccc1Cl. The number of amides is 1. The molecule has 0 aromatic heterocycles. The summed E-state index contributed by atoms with van der Waals surface area (Å²) in [6.45, 7) is 4.56. The molecule has 2 rings (SSSR count). The second kappa shape index (κ2) is 8.95. The van der Waals surface area contributed by atoms with Crippen molar-refractivity contribution in [1.29, 1.82) is 0 Å². The van der Waals surface area contributed by atoms with Crippen molar-refractivity contribution in [2.75, 3.05) is 12.8 Å². The molecule has 0 fully saturated rings. The van der Waals surface area contributed by atoms with Gasteiger partial charge in [0, 0.05) is 23.7 Å². The van der Waals surface area contributed by atoms with Crippen LogP contribution in [-0.2, 0) is 16.7 Å². The van der Waals surface area contributed by atoms with Gasteiger partial charge < -0.3 is 9.08 Å². The van der Waals surface area contributed by atoms with E-state index in [2.05, 4.69) is 0 Å². The van der Waals surface area contributed by atoms with Crippen LogP contribution in [0.25, 0.3) is 0 Å². The molecule has 0 radical (unpaired) electrons. The Morgan fingerprint density at radius 1 is 1.15 bits per heavy atom. The van der Waals surface area contributed by atoms with Crippen LogP contribution in [0, 0.1) is 5.92 Å². The molecule has 1 amide bonds. The van der Waals surface area contributed by atoms with Crippen molar-refractivity contribution in [3.05, 3.63) is 63.6 Å². The predicted molar refractivity (Wildman–Crippen MR) is 108 cm³/mol. The van der Waals surface area contributed by atoms with Gasteiger partial charge in [-0.2, -0.15) is 8.42 Å². The van der Waals surface area contributed by atoms with Crippen LogP contribution in [-0.4, -0.2) is 32.0 Å². The van der Waals surface area contributed by atoms with Gasteiger partial charge in [-0.1, -0.05) is 49.2 Å². The number of carbonyl (C=O) groups is 1. The first-order chi connectivity index (χ1) is 12.6. The highest BCUT2D eigenvalue weighted by Gasteiger charge is 2.22. The van der Waals surface area contributed by atoms with Gasteiger partial charge in [-0.3, -0.25) is 4.79 Å². The van der Waals surface area contributed by atoms with Gasteiger partial charge >= 0.3 is 10.1 Å². The van der Waals surface area contributed by atoms with E-state index in [1.54, 1.807) is 35.2 Å². The molecule has 0 aliphatic rings. The Balaban J connectivity index is 2.41. The Kier molecular flexibility index (Phi) is 7.14. The summed E-state index contributed by atoms with van der Waals surface area (Å²) in [5.74, 6) is 0.0806. The molecule has 2 aromatic rings. The van der Waals surface area contributed by atoms with Crippen molar-refractivity contribution in [3.8, 4) is 5.75 Å². The van der Waals surface area contributed by atoms with E-state index in [1.807, 2.05) is 13.8 Å². The van der Waals surface area contributed by atoms with Crippen LogP contribution < -0.4 is 4.18 Å². The Morgan fingerprint density at radius 3 is 2.41 bits per heavy atom. The van der Waals surface area contributed by atoms with Crippen LogP contribution in [0.5, 0.6) is 5.75 Å². The fraction of sp³-hybridized carbons (Fsp3) is 0.316. The third-order valence-electron chi connectivity index (χ3n) is 3.60. The van der Waals surface area contributed by atoms with Gasteiger partial charge in [0.1, 0.15) is 5.75 Å². The van der Waals surface area contributed by atoms with Crippen molar-refractivity contribution in [3.63, 3.8) is 0 Å². The van der Waals surface area contributed by atoms with E-state index in [4.69, 9.17) is 27.4 Å². The average molecular weight is 430 g/mol. The minimum Gasteiger partial charge on any atom is -0.382 e. The van der Waals surface area contributed by atoms with Crippen LogP contribution in [0.15, 0.2) is 42.5 Å². The lowest BCUT2D eigenvalue weighted by Gasteiger charge is -2.26. The van der Waals surface area contributed by atoms with Crippen molar-refractivity contribution >= 4 is 39.2 Å². The molecule has 0 aliphatic heterocycles. The van der Waals surface area contributed by atoms with Gasteiger partial charge in [0.15, 0.2) is 0 Å². The van der Waals surface area contributed by atoms with Gasteiger partial charge in [-0.05, 0) is 36.2 Å². The second-order valence-corrected chi connectivity index (χ2v) is 9.02. The molecule has 8 heteroatoms. The summed E-state index contributed by atoms with van der Waals surface area (Å²) < 4.78 is 28.1. The zero-order valence-corrected chi connectivity index (χ0v) is 17.6. The molecule has 0 aliphatic carbocycles. The standard InChI is InChI=1S/C19H21Cl2NO4S/c1-13(2)11-22(19(23)16-6-4-5-7-17(16)21)12-14-10-15(20)8-9-18(14)26-27(3,24)25/h4-10,13H,11-12H2,1-3H3. The number of hydrogen-bond acceptors (Lipinski definition) is 4. The number of halogens is 2. The van der Waals surface area contributed by atoms with Gasteiger partial charge in [0.2, 0.25) is 0 Å². The van der Waals surface area contributed by atoms with Crippen molar-refractivity contribution in [1.82, 2.24) is 4.90 Å². The summed E-state index contributed by atoms with van der Waals surface area (Å²) in [5.41, 5.74) is 0.876. The molecule has 2 aromatic carbocycles. The second-order valence-electron chi connectivity index (χ2n) is 6.60. The topological polar surface area (TPSA) is 63.7 Å². The summed E-state index contributed by atoms with van der Waals surface area (Å²) in [6.07, 6.45) is 0.964. The lowest BCUT2D eigenvalue weighted by Crippen LogP contribution is -2.34. The summed E-state index contributed by atoms with van der Waals surface area (Å²) in [5, 5.41) is 0.774. The van der Waals surface area contributed by atoms with E-state index in [-0.39, 0.29) is 24.1 Å². The number of carbonyl (C=O) groups excluding carboxylic acids is 1. The minimum atomic E-state index is -3.72. The number of hydrogen-bond donors (Lipinski definition) is 0. The highest BCUT2D eigenvalue weighted by molar-refractivity contribution is 7.86. The quantitative estimate of drug-likeness (QED) is 0.601. The lowest BCUT2D eigenvalue weighted by atomic mass is 10.1. The third-order valence-corrected chi connectivity index (χ3v) is 4.65. The largest absolute Gasteiger partial charge is 0.382 e. The molecule has 146 valence electrons. The number of nitrogens with zero attached hydrogens (tertiary/aromatic N) is 1. The molecular weight excluding hydrogens is 409 g/mol. The molecule has 0 unspecified atom stereocenters. The van der Waals surface area contributed by atoms with Gasteiger partial charge in [-0.25, -0.2) is 0 Å². The lowest BCUT2D eigenvalue weighted by molar-refractivity contribution is 0.0722. The van der Waals surface area contributed by atoms with Crippen LogP contribution >= 0.6 is 23.2 Å². The Labute approximate surface area is 170 Å². The van der Waals surface area contributed by atoms with Crippen LogP contribution in [0.1, 0.15) is 29.8 Å². The first-order valence-electron chi connectivity index (χ1n) is 8.28. The van der Waals surface area contributed by atoms with E-state index in [9.17, 15) is 13.2 Å². The highest BCUT2D eigenvalue weighted by atomic mass is 35.5. The molecule has 0 spiro atoms. The maximum Gasteiger partial charge on any atom is 0.306 e. The van der Waals surface area contributed by atoms with Gasteiger partial charge in [0.05, 0.1) is 16.8 Å². The van der Waals surface area contributed by atoms with Crippen LogP contribution in [0.3, 0.4) is 0 Å².